The van der Waals surface area contributed by atoms with Crippen molar-refractivity contribution in [3.8, 4) is 5.75 Å². The molecule has 0 radical (unpaired) electrons. The van der Waals surface area contributed by atoms with Gasteiger partial charge in [-0.25, -0.2) is 0 Å². The summed E-state index contributed by atoms with van der Waals surface area (Å²) >= 11 is 1.27. The summed E-state index contributed by atoms with van der Waals surface area (Å²) in [4.78, 5) is 0. The molecule has 0 fully saturated rings. The molecule has 2 rings (SSSR count). The molecule has 8 heteroatoms. The lowest BCUT2D eigenvalue weighted by molar-refractivity contribution is 0.419. The number of nitrogens with one attached hydrogen (secondary N) is 1. The molecule has 0 aliphatic carbocycles. The third kappa shape index (κ3) is 2.31. The van der Waals surface area contributed by atoms with E-state index < -0.39 is 0 Å². The smallest absolute Gasteiger partial charge is 0.197 e. The summed E-state index contributed by atoms with van der Waals surface area (Å²) in [6, 6.07) is 0. The Morgan fingerprint density at radius 1 is 1.59 bits per heavy atom. The van der Waals surface area contributed by atoms with Crippen LogP contribution >= 0.6 is 11.5 Å². The van der Waals surface area contributed by atoms with Gasteiger partial charge in [-0.3, -0.25) is 0 Å². The second kappa shape index (κ2) is 5.00. The summed E-state index contributed by atoms with van der Waals surface area (Å²) in [5.41, 5.74) is 5.66. The predicted octanol–water partition coefficient (Wildman–Crippen LogP) is 0.957. The van der Waals surface area contributed by atoms with Gasteiger partial charge in [-0.2, -0.15) is 4.37 Å². The fraction of sp³-hybridized carbons (Fsp3) is 0.444. The van der Waals surface area contributed by atoms with E-state index in [0.717, 1.165) is 17.4 Å². The minimum atomic E-state index is 0.400. The Bertz CT molecular complexity index is 493. The monoisotopic (exact) mass is 254 g/mol. The number of rotatable bonds is 5. The van der Waals surface area contributed by atoms with Crippen molar-refractivity contribution < 1.29 is 4.74 Å². The van der Waals surface area contributed by atoms with Gasteiger partial charge in [0.05, 0.1) is 13.7 Å². The molecule has 0 unspecified atom stereocenters. The quantitative estimate of drug-likeness (QED) is 0.825. The van der Waals surface area contributed by atoms with Gasteiger partial charge >= 0.3 is 0 Å². The largest absolute Gasteiger partial charge is 0.490 e. The van der Waals surface area contributed by atoms with Crippen molar-refractivity contribution in [1.82, 2.24) is 19.1 Å². The van der Waals surface area contributed by atoms with Crippen molar-refractivity contribution in [3.05, 3.63) is 12.2 Å². The molecule has 0 amide bonds. The van der Waals surface area contributed by atoms with Gasteiger partial charge in [-0.1, -0.05) is 0 Å². The lowest BCUT2D eigenvalue weighted by Crippen LogP contribution is -2.07. The maximum absolute atomic E-state index is 5.66. The molecule has 0 aliphatic heterocycles. The van der Waals surface area contributed by atoms with Crippen LogP contribution in [-0.2, 0) is 13.1 Å². The molecule has 0 spiro atoms. The van der Waals surface area contributed by atoms with Gasteiger partial charge in [0.15, 0.2) is 22.4 Å². The summed E-state index contributed by atoms with van der Waals surface area (Å²) in [6.45, 7) is 3.44. The molecule has 17 heavy (non-hydrogen) atoms. The Morgan fingerprint density at radius 2 is 2.41 bits per heavy atom. The molecule has 2 heterocycles. The zero-order valence-electron chi connectivity index (χ0n) is 9.67. The highest BCUT2D eigenvalue weighted by Gasteiger charge is 2.12. The molecule has 0 saturated carbocycles. The average molecular weight is 254 g/mol. The summed E-state index contributed by atoms with van der Waals surface area (Å²) in [6.07, 6.45) is 1.70. The normalized spacial score (nSPS) is 10.5. The number of hydrogen-bond donors (Lipinski definition) is 2. The third-order valence-corrected chi connectivity index (χ3v) is 3.12. The number of aryl methyl sites for hydroxylation is 1. The highest BCUT2D eigenvalue weighted by atomic mass is 32.1. The van der Waals surface area contributed by atoms with Crippen molar-refractivity contribution in [2.75, 3.05) is 18.2 Å². The topological polar surface area (TPSA) is 90.9 Å². The van der Waals surface area contributed by atoms with Gasteiger partial charge in [0.2, 0.25) is 0 Å². The van der Waals surface area contributed by atoms with E-state index >= 15 is 0 Å². The van der Waals surface area contributed by atoms with Crippen molar-refractivity contribution in [2.24, 2.45) is 0 Å². The molecule has 0 bridgehead atoms. The number of nitrogens with two attached hydrogens (primary N) is 1. The van der Waals surface area contributed by atoms with E-state index in [0.29, 0.717) is 18.1 Å². The Hall–Kier alpha value is -1.83. The Labute approximate surface area is 103 Å². The van der Waals surface area contributed by atoms with Gasteiger partial charge in [0, 0.05) is 6.54 Å². The van der Waals surface area contributed by atoms with Crippen LogP contribution < -0.4 is 15.8 Å². The molecular weight excluding hydrogens is 240 g/mol. The third-order valence-electron chi connectivity index (χ3n) is 2.32. The van der Waals surface area contributed by atoms with E-state index in [9.17, 15) is 0 Å². The predicted molar refractivity (Wildman–Crippen MR) is 66.1 cm³/mol. The maximum Gasteiger partial charge on any atom is 0.197 e. The summed E-state index contributed by atoms with van der Waals surface area (Å²) in [7, 11) is 1.57. The molecule has 3 N–H and O–H groups in total. The first-order chi connectivity index (χ1) is 8.26. The first-order valence-corrected chi connectivity index (χ1v) is 5.93. The molecule has 0 aliphatic rings. The lowest BCUT2D eigenvalue weighted by Gasteiger charge is -2.06. The van der Waals surface area contributed by atoms with Crippen molar-refractivity contribution in [1.29, 1.82) is 0 Å². The zero-order valence-corrected chi connectivity index (χ0v) is 10.5. The van der Waals surface area contributed by atoms with E-state index in [2.05, 4.69) is 19.9 Å². The minimum Gasteiger partial charge on any atom is -0.490 e. The Balaban J connectivity index is 2.07. The van der Waals surface area contributed by atoms with E-state index in [1.807, 2.05) is 11.5 Å². The van der Waals surface area contributed by atoms with Crippen LogP contribution in [0.3, 0.4) is 0 Å². The fourth-order valence-corrected chi connectivity index (χ4v) is 2.12. The first kappa shape index (κ1) is 11.6. The molecular formula is C9H14N6OS. The van der Waals surface area contributed by atoms with Crippen molar-refractivity contribution >= 4 is 22.4 Å². The van der Waals surface area contributed by atoms with E-state index in [-0.39, 0.29) is 0 Å². The van der Waals surface area contributed by atoms with Gasteiger partial charge < -0.3 is 20.4 Å². The summed E-state index contributed by atoms with van der Waals surface area (Å²) < 4.78 is 11.1. The van der Waals surface area contributed by atoms with Crippen LogP contribution in [0.25, 0.3) is 0 Å². The Kier molecular flexibility index (Phi) is 3.43. The number of nitrogen functional groups attached to an aromatic ring is 1. The van der Waals surface area contributed by atoms with E-state index in [1.54, 1.807) is 13.4 Å². The zero-order chi connectivity index (χ0) is 12.3. The minimum absolute atomic E-state index is 0.400. The van der Waals surface area contributed by atoms with Crippen LogP contribution in [0.5, 0.6) is 5.75 Å². The molecule has 7 nitrogen and oxygen atoms in total. The molecule has 92 valence electrons. The molecule has 2 aromatic heterocycles. The highest BCUT2D eigenvalue weighted by Crippen LogP contribution is 2.34. The van der Waals surface area contributed by atoms with E-state index in [1.165, 1.54) is 11.5 Å². The highest BCUT2D eigenvalue weighted by molar-refractivity contribution is 7.11. The fourth-order valence-electron chi connectivity index (χ4n) is 1.44. The van der Waals surface area contributed by atoms with Crippen LogP contribution in [0.2, 0.25) is 0 Å². The number of anilines is 2. The van der Waals surface area contributed by atoms with Crippen LogP contribution in [0.1, 0.15) is 12.7 Å². The van der Waals surface area contributed by atoms with Crippen LogP contribution in [0.4, 0.5) is 10.8 Å². The number of aromatic nitrogens is 4. The second-order valence-electron chi connectivity index (χ2n) is 3.32. The van der Waals surface area contributed by atoms with Gasteiger partial charge in [-0.15, -0.1) is 10.2 Å². The second-order valence-corrected chi connectivity index (χ2v) is 4.09. The number of hydrogen-bond acceptors (Lipinski definition) is 7. The SMILES string of the molecule is CCn1cnnc1CNc1snc(N)c1OC. The first-order valence-electron chi connectivity index (χ1n) is 5.16. The van der Waals surface area contributed by atoms with E-state index in [4.69, 9.17) is 10.5 Å². The van der Waals surface area contributed by atoms with Crippen LogP contribution in [0, 0.1) is 0 Å². The molecule has 0 atom stereocenters. The molecule has 0 aromatic carbocycles. The summed E-state index contributed by atoms with van der Waals surface area (Å²) in [5.74, 6) is 1.84. The lowest BCUT2D eigenvalue weighted by atomic mass is 10.5. The number of ether oxygens (including phenoxy) is 1. The standard InChI is InChI=1S/C9H14N6OS/c1-3-15-5-12-13-6(15)4-11-9-7(16-2)8(10)14-17-9/h5,11H,3-4H2,1-2H3,(H2,10,14). The molecule has 2 aromatic rings. The van der Waals surface area contributed by atoms with Gasteiger partial charge in [0.25, 0.3) is 0 Å². The number of methoxy groups -OCH3 is 1. The maximum atomic E-state index is 5.66. The molecule has 0 saturated heterocycles. The van der Waals surface area contributed by atoms with Crippen LogP contribution in [0.15, 0.2) is 6.33 Å². The summed E-state index contributed by atoms with van der Waals surface area (Å²) in [5, 5.41) is 11.9. The van der Waals surface area contributed by atoms with Gasteiger partial charge in [0.1, 0.15) is 6.33 Å². The van der Waals surface area contributed by atoms with Crippen LogP contribution in [-0.4, -0.2) is 26.2 Å². The van der Waals surface area contributed by atoms with Gasteiger partial charge in [-0.05, 0) is 18.5 Å². The average Bonchev–Trinajstić information content (AvgIpc) is 2.92. The van der Waals surface area contributed by atoms with Crippen molar-refractivity contribution in [3.63, 3.8) is 0 Å². The number of nitrogens with zero attached hydrogens (tertiary/aromatic N) is 4. The van der Waals surface area contributed by atoms with Crippen molar-refractivity contribution in [2.45, 2.75) is 20.0 Å². The Morgan fingerprint density at radius 3 is 3.12 bits per heavy atom.